The number of carbonyl (C=O) groups is 1. The number of fused-ring (bicyclic) bond motifs is 1. The van der Waals surface area contributed by atoms with Gasteiger partial charge in [0.2, 0.25) is 5.89 Å². The van der Waals surface area contributed by atoms with Crippen LogP contribution in [0.5, 0.6) is 0 Å². The molecule has 0 saturated carbocycles. The predicted molar refractivity (Wildman–Crippen MR) is 103 cm³/mol. The fraction of sp³-hybridized carbons (Fsp3) is 0.0500. The topological polar surface area (TPSA) is 111 Å². The molecule has 2 heterocycles. The Morgan fingerprint density at radius 3 is 2.75 bits per heavy atom. The van der Waals surface area contributed by atoms with E-state index in [1.165, 1.54) is 18.2 Å². The van der Waals surface area contributed by atoms with Crippen molar-refractivity contribution in [2.45, 2.75) is 6.92 Å². The minimum atomic E-state index is -0.477. The number of nitro groups is 1. The van der Waals surface area contributed by atoms with Crippen LogP contribution in [0.4, 0.5) is 11.4 Å². The monoisotopic (exact) mass is 374 g/mol. The Bertz CT molecular complexity index is 1180. The third kappa shape index (κ3) is 3.30. The minimum absolute atomic E-state index is 0.0249. The Labute approximate surface area is 159 Å². The highest BCUT2D eigenvalue weighted by Gasteiger charge is 2.15. The number of carbonyl (C=O) groups excluding carboxylic acids is 1. The van der Waals surface area contributed by atoms with E-state index in [2.05, 4.69) is 15.3 Å². The molecular weight excluding hydrogens is 360 g/mol. The second-order valence-electron chi connectivity index (χ2n) is 6.14. The van der Waals surface area contributed by atoms with E-state index >= 15 is 0 Å². The summed E-state index contributed by atoms with van der Waals surface area (Å²) in [5.41, 5.74) is 3.05. The number of benzene rings is 2. The van der Waals surface area contributed by atoms with Gasteiger partial charge in [-0.1, -0.05) is 6.07 Å². The Balaban J connectivity index is 1.59. The average Bonchev–Trinajstić information content (AvgIpc) is 3.12. The molecule has 1 amide bonds. The second-order valence-corrected chi connectivity index (χ2v) is 6.14. The fourth-order valence-electron chi connectivity index (χ4n) is 2.83. The molecule has 0 unspecified atom stereocenters. The van der Waals surface area contributed by atoms with Gasteiger partial charge in [0.25, 0.3) is 11.6 Å². The molecule has 8 heteroatoms. The molecule has 2 aromatic heterocycles. The van der Waals surface area contributed by atoms with E-state index in [-0.39, 0.29) is 11.6 Å². The summed E-state index contributed by atoms with van der Waals surface area (Å²) in [7, 11) is 0. The molecule has 0 radical (unpaired) electrons. The molecule has 0 aliphatic carbocycles. The van der Waals surface area contributed by atoms with Gasteiger partial charge in [0.1, 0.15) is 0 Å². The van der Waals surface area contributed by atoms with Gasteiger partial charge >= 0.3 is 0 Å². The smallest absolute Gasteiger partial charge is 0.272 e. The lowest BCUT2D eigenvalue weighted by molar-refractivity contribution is -0.385. The molecule has 138 valence electrons. The third-order valence-corrected chi connectivity index (χ3v) is 4.19. The number of aryl methyl sites for hydroxylation is 1. The maximum absolute atomic E-state index is 12.5. The van der Waals surface area contributed by atoms with Crippen molar-refractivity contribution in [3.63, 3.8) is 0 Å². The number of nitrogens with zero attached hydrogens (tertiary/aromatic N) is 3. The molecule has 0 aliphatic heterocycles. The van der Waals surface area contributed by atoms with Crippen molar-refractivity contribution in [1.82, 2.24) is 9.97 Å². The van der Waals surface area contributed by atoms with Gasteiger partial charge in [0, 0.05) is 34.6 Å². The normalized spacial score (nSPS) is 10.8. The molecule has 1 N–H and O–H groups in total. The predicted octanol–water partition coefficient (Wildman–Crippen LogP) is 4.36. The van der Waals surface area contributed by atoms with Crippen LogP contribution in [0.3, 0.4) is 0 Å². The lowest BCUT2D eigenvalue weighted by Crippen LogP contribution is -2.12. The van der Waals surface area contributed by atoms with Crippen LogP contribution in [0, 0.1) is 17.0 Å². The van der Waals surface area contributed by atoms with E-state index in [9.17, 15) is 14.9 Å². The standard InChI is InChI=1S/C20H14N4O4/c1-12-10-13(7-8-16(12)24(26)27)19(25)22-15-5-2-4-14(11-15)20-23-18-17(28-20)6-3-9-21-18/h2-11H,1H3,(H,22,25). The van der Waals surface area contributed by atoms with Crippen molar-refractivity contribution in [3.8, 4) is 11.5 Å². The molecule has 8 nitrogen and oxygen atoms in total. The molecule has 2 aromatic carbocycles. The van der Waals surface area contributed by atoms with Gasteiger partial charge < -0.3 is 9.73 Å². The molecule has 0 saturated heterocycles. The molecule has 0 aliphatic rings. The van der Waals surface area contributed by atoms with Gasteiger partial charge in [-0.05, 0) is 49.4 Å². The van der Waals surface area contributed by atoms with Crippen LogP contribution in [-0.4, -0.2) is 20.8 Å². The van der Waals surface area contributed by atoms with Gasteiger partial charge in [-0.3, -0.25) is 14.9 Å². The number of hydrogen-bond donors (Lipinski definition) is 1. The van der Waals surface area contributed by atoms with E-state index in [1.807, 2.05) is 6.07 Å². The highest BCUT2D eigenvalue weighted by atomic mass is 16.6. The summed E-state index contributed by atoms with van der Waals surface area (Å²) in [4.78, 5) is 31.4. The summed E-state index contributed by atoms with van der Waals surface area (Å²) < 4.78 is 5.70. The highest BCUT2D eigenvalue weighted by Crippen LogP contribution is 2.26. The quantitative estimate of drug-likeness (QED) is 0.420. The zero-order chi connectivity index (χ0) is 19.7. The van der Waals surface area contributed by atoms with E-state index in [4.69, 9.17) is 4.42 Å². The van der Waals surface area contributed by atoms with Crippen molar-refractivity contribution in [1.29, 1.82) is 0 Å². The summed E-state index contributed by atoms with van der Waals surface area (Å²) in [6.07, 6.45) is 1.64. The van der Waals surface area contributed by atoms with Crippen molar-refractivity contribution in [2.24, 2.45) is 0 Å². The van der Waals surface area contributed by atoms with Crippen molar-refractivity contribution < 1.29 is 14.1 Å². The maximum Gasteiger partial charge on any atom is 0.272 e. The Morgan fingerprint density at radius 1 is 1.14 bits per heavy atom. The molecule has 28 heavy (non-hydrogen) atoms. The lowest BCUT2D eigenvalue weighted by atomic mass is 10.1. The van der Waals surface area contributed by atoms with Crippen LogP contribution in [0.1, 0.15) is 15.9 Å². The SMILES string of the molecule is Cc1cc(C(=O)Nc2cccc(-c3nc4ncccc4o3)c2)ccc1[N+](=O)[O-]. The number of rotatable bonds is 4. The van der Waals surface area contributed by atoms with Gasteiger partial charge in [-0.15, -0.1) is 0 Å². The molecule has 0 bridgehead atoms. The first kappa shape index (κ1) is 17.3. The second kappa shape index (κ2) is 6.92. The number of pyridine rings is 1. The number of oxazole rings is 1. The number of amides is 1. The van der Waals surface area contributed by atoms with Crippen LogP contribution in [-0.2, 0) is 0 Å². The Hall–Kier alpha value is -4.07. The maximum atomic E-state index is 12.5. The fourth-order valence-corrected chi connectivity index (χ4v) is 2.83. The lowest BCUT2D eigenvalue weighted by Gasteiger charge is -2.07. The van der Waals surface area contributed by atoms with E-state index < -0.39 is 4.92 Å². The number of anilines is 1. The van der Waals surface area contributed by atoms with E-state index in [0.29, 0.717) is 39.5 Å². The van der Waals surface area contributed by atoms with Crippen molar-refractivity contribution in [3.05, 3.63) is 82.0 Å². The Morgan fingerprint density at radius 2 is 2.00 bits per heavy atom. The van der Waals surface area contributed by atoms with Gasteiger partial charge in [-0.2, -0.15) is 4.98 Å². The van der Waals surface area contributed by atoms with Gasteiger partial charge in [0.05, 0.1) is 4.92 Å². The van der Waals surface area contributed by atoms with Gasteiger partial charge in [0.15, 0.2) is 11.2 Å². The number of hydrogen-bond acceptors (Lipinski definition) is 6. The zero-order valence-electron chi connectivity index (χ0n) is 14.7. The average molecular weight is 374 g/mol. The number of nitrogens with one attached hydrogen (secondary N) is 1. The number of aromatic nitrogens is 2. The minimum Gasteiger partial charge on any atom is -0.434 e. The van der Waals surface area contributed by atoms with Crippen LogP contribution in [0.25, 0.3) is 22.7 Å². The molecule has 0 spiro atoms. The van der Waals surface area contributed by atoms with Crippen LogP contribution in [0.2, 0.25) is 0 Å². The summed E-state index contributed by atoms with van der Waals surface area (Å²) in [5.74, 6) is 0.0327. The van der Waals surface area contributed by atoms with Crippen LogP contribution < -0.4 is 5.32 Å². The first-order chi connectivity index (χ1) is 13.5. The summed E-state index contributed by atoms with van der Waals surface area (Å²) in [6, 6.07) is 14.8. The Kier molecular flexibility index (Phi) is 4.29. The molecule has 4 aromatic rings. The van der Waals surface area contributed by atoms with Crippen molar-refractivity contribution in [2.75, 3.05) is 5.32 Å². The largest absolute Gasteiger partial charge is 0.434 e. The highest BCUT2D eigenvalue weighted by molar-refractivity contribution is 6.04. The van der Waals surface area contributed by atoms with Crippen molar-refractivity contribution >= 4 is 28.5 Å². The molecule has 0 fully saturated rings. The third-order valence-electron chi connectivity index (χ3n) is 4.19. The molecule has 0 atom stereocenters. The summed E-state index contributed by atoms with van der Waals surface area (Å²) >= 11 is 0. The zero-order valence-corrected chi connectivity index (χ0v) is 14.7. The van der Waals surface area contributed by atoms with Gasteiger partial charge in [-0.25, -0.2) is 4.98 Å². The molecule has 4 rings (SSSR count). The van der Waals surface area contributed by atoms with Crippen LogP contribution in [0.15, 0.2) is 65.2 Å². The van der Waals surface area contributed by atoms with Crippen LogP contribution >= 0.6 is 0 Å². The first-order valence-electron chi connectivity index (χ1n) is 8.39. The van der Waals surface area contributed by atoms with E-state index in [1.54, 1.807) is 43.5 Å². The first-order valence-corrected chi connectivity index (χ1v) is 8.39. The molecular formula is C20H14N4O4. The summed E-state index contributed by atoms with van der Waals surface area (Å²) in [6.45, 7) is 1.59. The van der Waals surface area contributed by atoms with E-state index in [0.717, 1.165) is 0 Å². The number of nitro benzene ring substituents is 1. The summed E-state index contributed by atoms with van der Waals surface area (Å²) in [5, 5.41) is 13.7.